The average molecular weight is 211 g/mol. The molecular formula is C10H13NO4. The van der Waals surface area contributed by atoms with Crippen LogP contribution in [0.4, 0.5) is 0 Å². The Kier molecular flexibility index (Phi) is 2.30. The molecule has 0 saturated carbocycles. The zero-order chi connectivity index (χ0) is 11.1. The Morgan fingerprint density at radius 2 is 2.00 bits per heavy atom. The van der Waals surface area contributed by atoms with Gasteiger partial charge in [-0.1, -0.05) is 6.07 Å². The van der Waals surface area contributed by atoms with E-state index in [1.54, 1.807) is 12.1 Å². The van der Waals surface area contributed by atoms with Gasteiger partial charge in [0, 0.05) is 6.04 Å². The molecule has 0 aliphatic carbocycles. The number of aliphatic hydroxyl groups is 2. The van der Waals surface area contributed by atoms with E-state index in [2.05, 4.69) is 0 Å². The molecule has 0 unspecified atom stereocenters. The third-order valence-corrected chi connectivity index (χ3v) is 2.05. The first-order chi connectivity index (χ1) is 6.96. The second-order valence-electron chi connectivity index (χ2n) is 3.72. The Morgan fingerprint density at radius 1 is 1.33 bits per heavy atom. The van der Waals surface area contributed by atoms with E-state index >= 15 is 0 Å². The van der Waals surface area contributed by atoms with Gasteiger partial charge in [-0.2, -0.15) is 0 Å². The highest BCUT2D eigenvalue weighted by Gasteiger charge is 2.37. The molecule has 0 aromatic heterocycles. The Balaban J connectivity index is 2.23. The summed E-state index contributed by atoms with van der Waals surface area (Å²) in [5.41, 5.74) is 6.62. The van der Waals surface area contributed by atoms with E-state index in [1.165, 1.54) is 0 Å². The summed E-state index contributed by atoms with van der Waals surface area (Å²) < 4.78 is 9.48. The summed E-state index contributed by atoms with van der Waals surface area (Å²) in [4.78, 5) is 0. The van der Waals surface area contributed by atoms with E-state index in [0.717, 1.165) is 5.56 Å². The molecule has 1 aromatic carbocycles. The third-order valence-electron chi connectivity index (χ3n) is 2.05. The SMILES string of the molecule is C[C@H](N)Cc1ccc2c(c1)OC(O)(O)O2. The van der Waals surface area contributed by atoms with Crippen molar-refractivity contribution < 1.29 is 19.7 Å². The minimum Gasteiger partial charge on any atom is -0.403 e. The molecule has 15 heavy (non-hydrogen) atoms. The summed E-state index contributed by atoms with van der Waals surface area (Å²) in [6.45, 7) is 1.90. The van der Waals surface area contributed by atoms with Gasteiger partial charge < -0.3 is 15.2 Å². The second kappa shape index (κ2) is 3.37. The number of hydrogen-bond donors (Lipinski definition) is 3. The van der Waals surface area contributed by atoms with Gasteiger partial charge in [-0.25, -0.2) is 0 Å². The van der Waals surface area contributed by atoms with Crippen LogP contribution < -0.4 is 15.2 Å². The highest BCUT2D eigenvalue weighted by molar-refractivity contribution is 5.45. The van der Waals surface area contributed by atoms with Gasteiger partial charge in [-0.15, -0.1) is 0 Å². The quantitative estimate of drug-likeness (QED) is 0.597. The van der Waals surface area contributed by atoms with Crippen LogP contribution in [0.1, 0.15) is 12.5 Å². The minimum absolute atomic E-state index is 0.0402. The van der Waals surface area contributed by atoms with E-state index in [-0.39, 0.29) is 6.04 Å². The summed E-state index contributed by atoms with van der Waals surface area (Å²) in [6, 6.07) is 5.17. The average Bonchev–Trinajstić information content (AvgIpc) is 2.36. The van der Waals surface area contributed by atoms with Crippen LogP contribution in [-0.4, -0.2) is 22.4 Å². The van der Waals surface area contributed by atoms with E-state index in [4.69, 9.17) is 25.4 Å². The zero-order valence-corrected chi connectivity index (χ0v) is 8.30. The van der Waals surface area contributed by atoms with Gasteiger partial charge in [0.25, 0.3) is 0 Å². The molecule has 0 fully saturated rings. The number of rotatable bonds is 2. The van der Waals surface area contributed by atoms with Crippen LogP contribution in [0.25, 0.3) is 0 Å². The molecule has 1 aliphatic rings. The molecule has 1 aromatic rings. The topological polar surface area (TPSA) is 84.9 Å². The van der Waals surface area contributed by atoms with Gasteiger partial charge in [0.2, 0.25) is 0 Å². The standard InChI is InChI=1S/C10H13NO4/c1-6(11)4-7-2-3-8-9(5-7)15-10(12,13)14-8/h2-3,5-6,12-13H,4,11H2,1H3/t6-/m0/s1. The lowest BCUT2D eigenvalue weighted by Gasteiger charge is -2.10. The van der Waals surface area contributed by atoms with Crippen LogP contribution in [0, 0.1) is 0 Å². The molecule has 2 rings (SSSR count). The van der Waals surface area contributed by atoms with Gasteiger partial charge >= 0.3 is 6.16 Å². The van der Waals surface area contributed by atoms with Crippen molar-refractivity contribution in [3.63, 3.8) is 0 Å². The zero-order valence-electron chi connectivity index (χ0n) is 8.30. The fraction of sp³-hybridized carbons (Fsp3) is 0.400. The highest BCUT2D eigenvalue weighted by atomic mass is 17.0. The highest BCUT2D eigenvalue weighted by Crippen LogP contribution is 2.37. The van der Waals surface area contributed by atoms with Crippen molar-refractivity contribution in [1.82, 2.24) is 0 Å². The van der Waals surface area contributed by atoms with Gasteiger partial charge in [-0.3, -0.25) is 10.2 Å². The first-order valence-electron chi connectivity index (χ1n) is 4.67. The van der Waals surface area contributed by atoms with Crippen LogP contribution in [0.2, 0.25) is 0 Å². The smallest absolute Gasteiger partial charge is 0.403 e. The summed E-state index contributed by atoms with van der Waals surface area (Å²) in [6.07, 6.45) is -1.85. The van der Waals surface area contributed by atoms with Crippen LogP contribution in [0.3, 0.4) is 0 Å². The molecule has 0 spiro atoms. The van der Waals surface area contributed by atoms with Crippen molar-refractivity contribution >= 4 is 0 Å². The Morgan fingerprint density at radius 3 is 2.67 bits per heavy atom. The molecule has 5 heteroatoms. The Bertz CT molecular complexity index is 376. The van der Waals surface area contributed by atoms with Crippen molar-refractivity contribution in [2.24, 2.45) is 5.73 Å². The predicted molar refractivity (Wildman–Crippen MR) is 52.2 cm³/mol. The lowest BCUT2D eigenvalue weighted by Crippen LogP contribution is -2.37. The lowest BCUT2D eigenvalue weighted by atomic mass is 10.1. The van der Waals surface area contributed by atoms with E-state index in [1.807, 2.05) is 13.0 Å². The van der Waals surface area contributed by atoms with E-state index in [9.17, 15) is 0 Å². The fourth-order valence-corrected chi connectivity index (χ4v) is 1.52. The van der Waals surface area contributed by atoms with E-state index < -0.39 is 6.16 Å². The molecule has 1 atom stereocenters. The number of nitrogens with two attached hydrogens (primary N) is 1. The van der Waals surface area contributed by atoms with Gasteiger partial charge in [0.05, 0.1) is 0 Å². The Labute approximate surface area is 87.0 Å². The summed E-state index contributed by atoms with van der Waals surface area (Å²) in [5, 5.41) is 18.2. The molecule has 1 aliphatic heterocycles. The Hall–Kier alpha value is -1.30. The maximum atomic E-state index is 9.08. The number of hydrogen-bond acceptors (Lipinski definition) is 5. The summed E-state index contributed by atoms with van der Waals surface area (Å²) in [5.74, 6) is 0.631. The van der Waals surface area contributed by atoms with Crippen molar-refractivity contribution in [3.05, 3.63) is 23.8 Å². The first-order valence-corrected chi connectivity index (χ1v) is 4.67. The largest absolute Gasteiger partial charge is 0.505 e. The third kappa shape index (κ3) is 2.20. The molecule has 5 nitrogen and oxygen atoms in total. The van der Waals surface area contributed by atoms with Crippen molar-refractivity contribution in [2.75, 3.05) is 0 Å². The van der Waals surface area contributed by atoms with Crippen molar-refractivity contribution in [2.45, 2.75) is 25.5 Å². The monoisotopic (exact) mass is 211 g/mol. The summed E-state index contributed by atoms with van der Waals surface area (Å²) in [7, 11) is 0. The predicted octanol–water partition coefficient (Wildman–Crippen LogP) is -0.0566. The van der Waals surface area contributed by atoms with Crippen LogP contribution in [0.15, 0.2) is 18.2 Å². The van der Waals surface area contributed by atoms with Gasteiger partial charge in [0.15, 0.2) is 11.5 Å². The fourth-order valence-electron chi connectivity index (χ4n) is 1.52. The molecule has 0 amide bonds. The number of ether oxygens (including phenoxy) is 2. The number of fused-ring (bicyclic) bond motifs is 1. The van der Waals surface area contributed by atoms with Gasteiger partial charge in [-0.05, 0) is 31.0 Å². The molecule has 0 bridgehead atoms. The normalized spacial score (nSPS) is 18.9. The lowest BCUT2D eigenvalue weighted by molar-refractivity contribution is -0.385. The second-order valence-corrected chi connectivity index (χ2v) is 3.72. The molecule has 0 radical (unpaired) electrons. The van der Waals surface area contributed by atoms with Crippen molar-refractivity contribution in [1.29, 1.82) is 0 Å². The number of benzene rings is 1. The molecule has 82 valence electrons. The van der Waals surface area contributed by atoms with Gasteiger partial charge in [0.1, 0.15) is 0 Å². The molecule has 0 saturated heterocycles. The molecule has 4 N–H and O–H groups in total. The van der Waals surface area contributed by atoms with Crippen LogP contribution in [0.5, 0.6) is 11.5 Å². The maximum Gasteiger partial charge on any atom is 0.505 e. The van der Waals surface area contributed by atoms with Crippen LogP contribution >= 0.6 is 0 Å². The maximum absolute atomic E-state index is 9.08. The van der Waals surface area contributed by atoms with Crippen molar-refractivity contribution in [3.8, 4) is 11.5 Å². The minimum atomic E-state index is -2.55. The molecule has 1 heterocycles. The molecular weight excluding hydrogens is 198 g/mol. The van der Waals surface area contributed by atoms with Crippen LogP contribution in [-0.2, 0) is 6.42 Å². The summed E-state index contributed by atoms with van der Waals surface area (Å²) >= 11 is 0. The van der Waals surface area contributed by atoms with E-state index in [0.29, 0.717) is 17.9 Å². The first kappa shape index (κ1) is 10.2.